The number of rotatable bonds is 7. The van der Waals surface area contributed by atoms with E-state index in [0.29, 0.717) is 0 Å². The van der Waals surface area contributed by atoms with E-state index in [0.717, 1.165) is 19.4 Å². The second-order valence-corrected chi connectivity index (χ2v) is 6.01. The van der Waals surface area contributed by atoms with Gasteiger partial charge in [0, 0.05) is 31.9 Å². The van der Waals surface area contributed by atoms with Crippen molar-refractivity contribution in [2.45, 2.75) is 38.6 Å². The van der Waals surface area contributed by atoms with Gasteiger partial charge in [-0.15, -0.1) is 0 Å². The third-order valence-corrected chi connectivity index (χ3v) is 4.35. The molecule has 1 fully saturated rings. The maximum Gasteiger partial charge on any atom is 0.0364 e. The van der Waals surface area contributed by atoms with E-state index in [1.54, 1.807) is 0 Å². The van der Waals surface area contributed by atoms with Gasteiger partial charge in [0.2, 0.25) is 0 Å². The van der Waals surface area contributed by atoms with Crippen LogP contribution >= 0.6 is 0 Å². The van der Waals surface area contributed by atoms with Crippen molar-refractivity contribution in [3.8, 4) is 0 Å². The van der Waals surface area contributed by atoms with E-state index < -0.39 is 0 Å². The largest absolute Gasteiger partial charge is 0.373 e. The minimum Gasteiger partial charge on any atom is -0.373 e. The van der Waals surface area contributed by atoms with E-state index >= 15 is 0 Å². The summed E-state index contributed by atoms with van der Waals surface area (Å²) < 4.78 is 0. The highest BCUT2D eigenvalue weighted by Gasteiger charge is 2.12. The van der Waals surface area contributed by atoms with Crippen LogP contribution in [0.15, 0.2) is 24.3 Å². The van der Waals surface area contributed by atoms with Crippen LogP contribution in [-0.4, -0.2) is 44.2 Å². The molecule has 0 aromatic heterocycles. The number of benzene rings is 1. The van der Waals surface area contributed by atoms with Crippen LogP contribution in [0.1, 0.15) is 31.7 Å². The highest BCUT2D eigenvalue weighted by molar-refractivity contribution is 5.47. The van der Waals surface area contributed by atoms with Crippen LogP contribution in [-0.2, 0) is 6.42 Å². The average molecular weight is 275 g/mol. The SMILES string of the molecule is CCC(N)Cc1ccc(N(C)CCN2CCCC2)cc1. The van der Waals surface area contributed by atoms with Gasteiger partial charge in [-0.05, 0) is 56.5 Å². The van der Waals surface area contributed by atoms with E-state index in [1.807, 2.05) is 0 Å². The molecule has 2 N–H and O–H groups in total. The molecule has 1 aliphatic rings. The topological polar surface area (TPSA) is 32.5 Å². The lowest BCUT2D eigenvalue weighted by molar-refractivity contribution is 0.346. The highest BCUT2D eigenvalue weighted by Crippen LogP contribution is 2.15. The molecular weight excluding hydrogens is 246 g/mol. The van der Waals surface area contributed by atoms with Crippen molar-refractivity contribution in [3.05, 3.63) is 29.8 Å². The van der Waals surface area contributed by atoms with Gasteiger partial charge < -0.3 is 15.5 Å². The summed E-state index contributed by atoms with van der Waals surface area (Å²) in [6, 6.07) is 9.17. The fourth-order valence-corrected chi connectivity index (χ4v) is 2.76. The van der Waals surface area contributed by atoms with E-state index in [2.05, 4.69) is 48.0 Å². The number of nitrogens with two attached hydrogens (primary N) is 1. The maximum absolute atomic E-state index is 6.00. The summed E-state index contributed by atoms with van der Waals surface area (Å²) in [4.78, 5) is 4.91. The molecule has 3 heteroatoms. The lowest BCUT2D eigenvalue weighted by Gasteiger charge is -2.23. The van der Waals surface area contributed by atoms with Gasteiger partial charge in [0.25, 0.3) is 0 Å². The first-order valence-corrected chi connectivity index (χ1v) is 7.97. The summed E-state index contributed by atoms with van der Waals surface area (Å²) in [5, 5.41) is 0. The standard InChI is InChI=1S/C17H29N3/c1-3-16(18)14-15-6-8-17(9-7-15)19(2)12-13-20-10-4-5-11-20/h6-9,16H,3-5,10-14,18H2,1-2H3. The minimum absolute atomic E-state index is 0.286. The van der Waals surface area contributed by atoms with Crippen LogP contribution in [0.25, 0.3) is 0 Å². The van der Waals surface area contributed by atoms with Gasteiger partial charge >= 0.3 is 0 Å². The van der Waals surface area contributed by atoms with Gasteiger partial charge in [0.05, 0.1) is 0 Å². The van der Waals surface area contributed by atoms with Crippen molar-refractivity contribution in [2.75, 3.05) is 38.1 Å². The third kappa shape index (κ3) is 4.50. The maximum atomic E-state index is 6.00. The lowest BCUT2D eigenvalue weighted by atomic mass is 10.0. The van der Waals surface area contributed by atoms with Gasteiger partial charge in [-0.25, -0.2) is 0 Å². The summed E-state index contributed by atoms with van der Waals surface area (Å²) in [5.74, 6) is 0. The van der Waals surface area contributed by atoms with Crippen molar-refractivity contribution in [3.63, 3.8) is 0 Å². The first-order chi connectivity index (χ1) is 9.69. The molecule has 0 aliphatic carbocycles. The Morgan fingerprint density at radius 2 is 1.85 bits per heavy atom. The molecule has 0 radical (unpaired) electrons. The molecule has 0 saturated carbocycles. The second kappa shape index (κ2) is 7.65. The minimum atomic E-state index is 0.286. The number of hydrogen-bond acceptors (Lipinski definition) is 3. The Kier molecular flexibility index (Phi) is 5.86. The first-order valence-electron chi connectivity index (χ1n) is 7.97. The number of hydrogen-bond donors (Lipinski definition) is 1. The van der Waals surface area contributed by atoms with E-state index in [9.17, 15) is 0 Å². The molecule has 0 amide bonds. The monoisotopic (exact) mass is 275 g/mol. The Morgan fingerprint density at radius 1 is 1.20 bits per heavy atom. The summed E-state index contributed by atoms with van der Waals surface area (Å²) in [6.07, 6.45) is 4.76. The zero-order chi connectivity index (χ0) is 14.4. The highest BCUT2D eigenvalue weighted by atomic mass is 15.2. The molecule has 1 unspecified atom stereocenters. The van der Waals surface area contributed by atoms with Crippen LogP contribution in [0.4, 0.5) is 5.69 Å². The van der Waals surface area contributed by atoms with Gasteiger partial charge in [-0.3, -0.25) is 0 Å². The van der Waals surface area contributed by atoms with Gasteiger partial charge in [-0.2, -0.15) is 0 Å². The zero-order valence-corrected chi connectivity index (χ0v) is 13.0. The Hall–Kier alpha value is -1.06. The predicted molar refractivity (Wildman–Crippen MR) is 87.4 cm³/mol. The first kappa shape index (κ1) is 15.3. The van der Waals surface area contributed by atoms with E-state index in [-0.39, 0.29) is 6.04 Å². The number of nitrogens with zero attached hydrogens (tertiary/aromatic N) is 2. The summed E-state index contributed by atoms with van der Waals surface area (Å²) >= 11 is 0. The van der Waals surface area contributed by atoms with Crippen LogP contribution in [0.3, 0.4) is 0 Å². The fraction of sp³-hybridized carbons (Fsp3) is 0.647. The summed E-state index contributed by atoms with van der Waals surface area (Å²) in [5.41, 5.74) is 8.65. The van der Waals surface area contributed by atoms with Crippen LogP contribution in [0.2, 0.25) is 0 Å². The average Bonchev–Trinajstić information content (AvgIpc) is 2.98. The Morgan fingerprint density at radius 3 is 2.45 bits per heavy atom. The molecule has 1 aliphatic heterocycles. The molecule has 0 spiro atoms. The number of likely N-dealkylation sites (tertiary alicyclic amines) is 1. The van der Waals surface area contributed by atoms with Crippen molar-refractivity contribution >= 4 is 5.69 Å². The molecule has 1 saturated heterocycles. The molecule has 112 valence electrons. The quantitative estimate of drug-likeness (QED) is 0.830. The van der Waals surface area contributed by atoms with E-state index in [1.165, 1.54) is 43.7 Å². The molecule has 1 aromatic rings. The van der Waals surface area contributed by atoms with Crippen molar-refractivity contribution in [1.29, 1.82) is 0 Å². The van der Waals surface area contributed by atoms with E-state index in [4.69, 9.17) is 5.73 Å². The van der Waals surface area contributed by atoms with Gasteiger partial charge in [0.15, 0.2) is 0 Å². The van der Waals surface area contributed by atoms with Crippen molar-refractivity contribution in [2.24, 2.45) is 5.73 Å². The van der Waals surface area contributed by atoms with Crippen molar-refractivity contribution in [1.82, 2.24) is 4.90 Å². The molecule has 1 atom stereocenters. The second-order valence-electron chi connectivity index (χ2n) is 6.01. The van der Waals surface area contributed by atoms with Crippen molar-refractivity contribution < 1.29 is 0 Å². The molecule has 3 nitrogen and oxygen atoms in total. The molecule has 0 bridgehead atoms. The summed E-state index contributed by atoms with van der Waals surface area (Å²) in [6.45, 7) is 6.99. The molecule has 20 heavy (non-hydrogen) atoms. The Bertz CT molecular complexity index is 382. The lowest BCUT2D eigenvalue weighted by Crippen LogP contribution is -2.31. The summed E-state index contributed by atoms with van der Waals surface area (Å²) in [7, 11) is 2.18. The fourth-order valence-electron chi connectivity index (χ4n) is 2.76. The predicted octanol–water partition coefficient (Wildman–Crippen LogP) is 2.50. The van der Waals surface area contributed by atoms with Gasteiger partial charge in [0.1, 0.15) is 0 Å². The molecule has 2 rings (SSSR count). The molecular formula is C17H29N3. The molecule has 1 heterocycles. The third-order valence-electron chi connectivity index (χ3n) is 4.35. The number of likely N-dealkylation sites (N-methyl/N-ethyl adjacent to an activating group) is 1. The van der Waals surface area contributed by atoms with Gasteiger partial charge in [-0.1, -0.05) is 19.1 Å². The Labute approximate surface area is 123 Å². The van der Waals surface area contributed by atoms with Crippen LogP contribution in [0, 0.1) is 0 Å². The zero-order valence-electron chi connectivity index (χ0n) is 13.0. The van der Waals surface area contributed by atoms with Crippen LogP contribution in [0.5, 0.6) is 0 Å². The Balaban J connectivity index is 1.81. The smallest absolute Gasteiger partial charge is 0.0364 e. The normalized spacial score (nSPS) is 17.4. The number of anilines is 1. The van der Waals surface area contributed by atoms with Crippen LogP contribution < -0.4 is 10.6 Å². The molecule has 1 aromatic carbocycles.